The molecule has 0 bridgehead atoms. The van der Waals surface area contributed by atoms with Crippen molar-refractivity contribution in [1.29, 1.82) is 0 Å². The van der Waals surface area contributed by atoms with Crippen molar-refractivity contribution in [1.82, 2.24) is 10.6 Å². The largest absolute Gasteiger partial charge is 0.405 e. The van der Waals surface area contributed by atoms with Gasteiger partial charge in [-0.1, -0.05) is 0 Å². The molecule has 0 aromatic carbocycles. The second-order valence-corrected chi connectivity index (χ2v) is 3.15. The quantitative estimate of drug-likeness (QED) is 0.708. The van der Waals surface area contributed by atoms with E-state index in [4.69, 9.17) is 0 Å². The van der Waals surface area contributed by atoms with E-state index in [1.54, 1.807) is 18.6 Å². The van der Waals surface area contributed by atoms with E-state index in [9.17, 15) is 18.0 Å². The summed E-state index contributed by atoms with van der Waals surface area (Å²) < 4.78 is 35.1. The SMILES string of the molecule is CN/C=C(\SC)C(=O)NCC(F)(F)F. The lowest BCUT2D eigenvalue weighted by atomic mass is 10.5. The van der Waals surface area contributed by atoms with Crippen LogP contribution in [0.5, 0.6) is 0 Å². The molecular weight excluding hydrogens is 217 g/mol. The van der Waals surface area contributed by atoms with Crippen LogP contribution in [0, 0.1) is 0 Å². The Bertz CT molecular complexity index is 227. The summed E-state index contributed by atoms with van der Waals surface area (Å²) in [6.07, 6.45) is -1.43. The highest BCUT2D eigenvalue weighted by Crippen LogP contribution is 2.14. The molecule has 0 rings (SSSR count). The number of nitrogens with one attached hydrogen (secondary N) is 2. The minimum atomic E-state index is -4.38. The van der Waals surface area contributed by atoms with E-state index in [-0.39, 0.29) is 4.91 Å². The molecule has 0 aliphatic heterocycles. The van der Waals surface area contributed by atoms with Crippen LogP contribution in [0.15, 0.2) is 11.1 Å². The number of hydrogen-bond acceptors (Lipinski definition) is 3. The molecule has 82 valence electrons. The molecule has 3 nitrogen and oxygen atoms in total. The maximum Gasteiger partial charge on any atom is 0.405 e. The van der Waals surface area contributed by atoms with Crippen LogP contribution in [0.3, 0.4) is 0 Å². The van der Waals surface area contributed by atoms with E-state index in [0.29, 0.717) is 0 Å². The van der Waals surface area contributed by atoms with Gasteiger partial charge in [0.2, 0.25) is 0 Å². The maximum absolute atomic E-state index is 11.7. The fraction of sp³-hybridized carbons (Fsp3) is 0.571. The third kappa shape index (κ3) is 5.74. The summed E-state index contributed by atoms with van der Waals surface area (Å²) in [7, 11) is 1.56. The molecule has 0 radical (unpaired) electrons. The minimum absolute atomic E-state index is 0.205. The van der Waals surface area contributed by atoms with Crippen LogP contribution < -0.4 is 10.6 Å². The molecule has 0 aromatic rings. The molecule has 0 aliphatic carbocycles. The summed E-state index contributed by atoms with van der Waals surface area (Å²) in [6, 6.07) is 0. The number of alkyl halides is 3. The predicted octanol–water partition coefficient (Wildman–Crippen LogP) is 1.09. The Kier molecular flexibility index (Phi) is 5.44. The maximum atomic E-state index is 11.7. The van der Waals surface area contributed by atoms with E-state index in [1.807, 2.05) is 0 Å². The van der Waals surface area contributed by atoms with Gasteiger partial charge >= 0.3 is 6.18 Å². The summed E-state index contributed by atoms with van der Waals surface area (Å²) in [6.45, 7) is -1.31. The van der Waals surface area contributed by atoms with Gasteiger partial charge in [-0.15, -0.1) is 11.8 Å². The number of halogens is 3. The summed E-state index contributed by atoms with van der Waals surface area (Å²) in [5.74, 6) is -0.732. The highest BCUT2D eigenvalue weighted by atomic mass is 32.2. The molecule has 2 N–H and O–H groups in total. The Morgan fingerprint density at radius 2 is 2.07 bits per heavy atom. The van der Waals surface area contributed by atoms with E-state index >= 15 is 0 Å². The van der Waals surface area contributed by atoms with Gasteiger partial charge < -0.3 is 10.6 Å². The molecule has 0 fully saturated rings. The molecule has 0 saturated heterocycles. The minimum Gasteiger partial charge on any atom is -0.393 e. The molecule has 0 unspecified atom stereocenters. The van der Waals surface area contributed by atoms with Gasteiger partial charge in [0.1, 0.15) is 6.54 Å². The third-order valence-electron chi connectivity index (χ3n) is 1.17. The smallest absolute Gasteiger partial charge is 0.393 e. The summed E-state index contributed by atoms with van der Waals surface area (Å²) >= 11 is 1.07. The van der Waals surface area contributed by atoms with Crippen molar-refractivity contribution in [3.05, 3.63) is 11.1 Å². The molecule has 0 atom stereocenters. The van der Waals surface area contributed by atoms with Gasteiger partial charge in [-0.05, 0) is 6.26 Å². The Hall–Kier alpha value is -0.850. The Morgan fingerprint density at radius 1 is 1.50 bits per heavy atom. The van der Waals surface area contributed by atoms with Crippen LogP contribution >= 0.6 is 11.8 Å². The Morgan fingerprint density at radius 3 is 2.43 bits per heavy atom. The zero-order valence-corrected chi connectivity index (χ0v) is 8.55. The summed E-state index contributed by atoms with van der Waals surface area (Å²) in [4.78, 5) is 11.3. The predicted molar refractivity (Wildman–Crippen MR) is 49.7 cm³/mol. The Balaban J connectivity index is 4.13. The lowest BCUT2D eigenvalue weighted by Crippen LogP contribution is -2.34. The average Bonchev–Trinajstić information content (AvgIpc) is 2.09. The van der Waals surface area contributed by atoms with E-state index < -0.39 is 18.6 Å². The molecule has 0 aliphatic rings. The number of carbonyl (C=O) groups excluding carboxylic acids is 1. The number of rotatable bonds is 4. The lowest BCUT2D eigenvalue weighted by Gasteiger charge is -2.09. The molecule has 0 aromatic heterocycles. The topological polar surface area (TPSA) is 41.1 Å². The van der Waals surface area contributed by atoms with Crippen molar-refractivity contribution in [2.24, 2.45) is 0 Å². The molecule has 1 amide bonds. The van der Waals surface area contributed by atoms with Gasteiger partial charge in [-0.2, -0.15) is 13.2 Å². The first kappa shape index (κ1) is 13.2. The van der Waals surface area contributed by atoms with Gasteiger partial charge in [0.25, 0.3) is 5.91 Å². The molecule has 0 spiro atoms. The van der Waals surface area contributed by atoms with Gasteiger partial charge in [-0.25, -0.2) is 0 Å². The molecule has 0 saturated carbocycles. The number of thioether (sulfide) groups is 1. The average molecular weight is 228 g/mol. The fourth-order valence-corrected chi connectivity index (χ4v) is 1.11. The summed E-state index contributed by atoms with van der Waals surface area (Å²) in [5, 5.41) is 4.34. The molecule has 7 heteroatoms. The first-order valence-corrected chi connectivity index (χ1v) is 4.89. The summed E-state index contributed by atoms with van der Waals surface area (Å²) in [5.41, 5.74) is 0. The van der Waals surface area contributed by atoms with Crippen LogP contribution in [0.1, 0.15) is 0 Å². The van der Waals surface area contributed by atoms with E-state index in [0.717, 1.165) is 11.8 Å². The number of amides is 1. The monoisotopic (exact) mass is 228 g/mol. The van der Waals surface area contributed by atoms with Crippen molar-refractivity contribution >= 4 is 17.7 Å². The molecular formula is C7H11F3N2OS. The van der Waals surface area contributed by atoms with Crippen LogP contribution in [-0.2, 0) is 4.79 Å². The molecule has 14 heavy (non-hydrogen) atoms. The highest BCUT2D eigenvalue weighted by molar-refractivity contribution is 8.03. The van der Waals surface area contributed by atoms with Crippen molar-refractivity contribution in [2.75, 3.05) is 19.8 Å². The van der Waals surface area contributed by atoms with Gasteiger partial charge in [0.05, 0.1) is 4.91 Å². The number of hydrogen-bond donors (Lipinski definition) is 2. The standard InChI is InChI=1S/C7H11F3N2OS/c1-11-3-5(14-2)6(13)12-4-7(8,9)10/h3,11H,4H2,1-2H3,(H,12,13)/b5-3-. The second-order valence-electron chi connectivity index (χ2n) is 2.30. The van der Waals surface area contributed by atoms with E-state index in [1.165, 1.54) is 6.20 Å². The van der Waals surface area contributed by atoms with Gasteiger partial charge in [0, 0.05) is 13.2 Å². The normalized spacial score (nSPS) is 12.5. The van der Waals surface area contributed by atoms with Crippen LogP contribution in [0.4, 0.5) is 13.2 Å². The van der Waals surface area contributed by atoms with Gasteiger partial charge in [-0.3, -0.25) is 4.79 Å². The lowest BCUT2D eigenvalue weighted by molar-refractivity contribution is -0.135. The first-order chi connectivity index (χ1) is 6.40. The van der Waals surface area contributed by atoms with Crippen molar-refractivity contribution in [2.45, 2.75) is 6.18 Å². The zero-order valence-electron chi connectivity index (χ0n) is 7.73. The number of carbonyl (C=O) groups is 1. The van der Waals surface area contributed by atoms with Crippen molar-refractivity contribution in [3.63, 3.8) is 0 Å². The highest BCUT2D eigenvalue weighted by Gasteiger charge is 2.28. The zero-order chi connectivity index (χ0) is 11.2. The van der Waals surface area contributed by atoms with Crippen LogP contribution in [0.25, 0.3) is 0 Å². The fourth-order valence-electron chi connectivity index (χ4n) is 0.616. The van der Waals surface area contributed by atoms with Crippen molar-refractivity contribution < 1.29 is 18.0 Å². The third-order valence-corrected chi connectivity index (χ3v) is 1.91. The van der Waals surface area contributed by atoms with Crippen LogP contribution in [-0.4, -0.2) is 31.9 Å². The van der Waals surface area contributed by atoms with Gasteiger partial charge in [0.15, 0.2) is 0 Å². The van der Waals surface area contributed by atoms with Crippen LogP contribution in [0.2, 0.25) is 0 Å². The first-order valence-electron chi connectivity index (χ1n) is 3.67. The Labute approximate surface area is 84.1 Å². The molecule has 0 heterocycles. The van der Waals surface area contributed by atoms with E-state index in [2.05, 4.69) is 5.32 Å². The second kappa shape index (κ2) is 5.79. The van der Waals surface area contributed by atoms with Crippen molar-refractivity contribution in [3.8, 4) is 0 Å².